The number of carbonyl (C=O) groups excluding carboxylic acids is 1. The van der Waals surface area contributed by atoms with Crippen LogP contribution in [0.1, 0.15) is 80.6 Å². The quantitative estimate of drug-likeness (QED) is 0.0996. The van der Waals surface area contributed by atoms with Gasteiger partial charge in [0.1, 0.15) is 5.75 Å². The fourth-order valence-electron chi connectivity index (χ4n) is 6.75. The summed E-state index contributed by atoms with van der Waals surface area (Å²) in [5, 5.41) is 1.05. The normalized spacial score (nSPS) is 15.7. The van der Waals surface area contributed by atoms with E-state index in [4.69, 9.17) is 9.47 Å². The Labute approximate surface area is 266 Å². The number of anilines is 1. The molecular weight excluding hydrogens is 558 g/mol. The number of nitrogens with zero attached hydrogens (tertiary/aromatic N) is 3. The number of para-hydroxylation sites is 1. The molecule has 0 saturated heterocycles. The first-order valence-electron chi connectivity index (χ1n) is 16.5. The number of esters is 1. The van der Waals surface area contributed by atoms with Crippen molar-refractivity contribution in [2.45, 2.75) is 65.5 Å². The molecule has 0 saturated carbocycles. The van der Waals surface area contributed by atoms with Crippen LogP contribution in [0, 0.1) is 0 Å². The third kappa shape index (κ3) is 5.26. The zero-order valence-electron chi connectivity index (χ0n) is 26.9. The highest BCUT2D eigenvalue weighted by Gasteiger charge is 2.54. The molecule has 2 aromatic heterocycles. The Balaban J connectivity index is 1.75. The summed E-state index contributed by atoms with van der Waals surface area (Å²) < 4.78 is 15.8. The molecule has 232 valence electrons. The van der Waals surface area contributed by atoms with E-state index in [2.05, 4.69) is 109 Å². The molecule has 45 heavy (non-hydrogen) atoms. The average molecular weight is 602 g/mol. The third-order valence-electron chi connectivity index (χ3n) is 8.96. The van der Waals surface area contributed by atoms with Gasteiger partial charge in [-0.3, -0.25) is 0 Å². The van der Waals surface area contributed by atoms with Gasteiger partial charge in [-0.25, -0.2) is 9.78 Å². The van der Waals surface area contributed by atoms with Crippen LogP contribution in [-0.2, 0) is 16.9 Å². The van der Waals surface area contributed by atoms with Crippen molar-refractivity contribution in [2.24, 2.45) is 0 Å². The first-order chi connectivity index (χ1) is 22.1. The summed E-state index contributed by atoms with van der Waals surface area (Å²) in [7, 11) is 0. The largest absolute Gasteiger partial charge is 0.493 e. The van der Waals surface area contributed by atoms with Gasteiger partial charge in [-0.2, -0.15) is 0 Å². The number of hydrogen-bond acceptors (Lipinski definition) is 5. The zero-order chi connectivity index (χ0) is 31.4. The van der Waals surface area contributed by atoms with Gasteiger partial charge in [0.15, 0.2) is 11.3 Å². The molecule has 0 aliphatic carbocycles. The molecule has 0 bridgehead atoms. The predicted molar refractivity (Wildman–Crippen MR) is 182 cm³/mol. The Bertz CT molecular complexity index is 1790. The second kappa shape index (κ2) is 13.2. The molecule has 3 heterocycles. The number of aryl methyl sites for hydroxylation is 1. The van der Waals surface area contributed by atoms with Gasteiger partial charge in [-0.15, -0.1) is 0 Å². The molecule has 3 aromatic carbocycles. The van der Waals surface area contributed by atoms with Crippen molar-refractivity contribution in [2.75, 3.05) is 24.6 Å². The Morgan fingerprint density at radius 3 is 2.36 bits per heavy atom. The molecule has 0 fully saturated rings. The van der Waals surface area contributed by atoms with Crippen LogP contribution in [0.2, 0.25) is 0 Å². The molecule has 6 heteroatoms. The lowest BCUT2D eigenvalue weighted by atomic mass is 9.78. The number of aromatic nitrogens is 2. The zero-order valence-corrected chi connectivity index (χ0v) is 26.9. The fraction of sp³-hybridized carbons (Fsp3) is 0.333. The lowest BCUT2D eigenvalue weighted by molar-refractivity contribution is 0.0246. The number of hydrogen-bond donors (Lipinski definition) is 0. The van der Waals surface area contributed by atoms with Crippen LogP contribution < -0.4 is 9.64 Å². The lowest BCUT2D eigenvalue weighted by Gasteiger charge is -2.33. The van der Waals surface area contributed by atoms with Crippen LogP contribution in [-0.4, -0.2) is 35.2 Å². The maximum atomic E-state index is 13.9. The third-order valence-corrected chi connectivity index (χ3v) is 8.96. The molecule has 1 unspecified atom stereocenters. The van der Waals surface area contributed by atoms with E-state index in [-0.39, 0.29) is 0 Å². The Kier molecular flexibility index (Phi) is 8.92. The monoisotopic (exact) mass is 601 g/mol. The maximum Gasteiger partial charge on any atom is 0.358 e. The van der Waals surface area contributed by atoms with Crippen molar-refractivity contribution >= 4 is 22.6 Å². The van der Waals surface area contributed by atoms with Crippen LogP contribution in [0.25, 0.3) is 22.2 Å². The molecule has 6 rings (SSSR count). The number of unbranched alkanes of at least 4 members (excludes halogenated alkanes) is 2. The molecule has 0 N–H and O–H groups in total. The Morgan fingerprint density at radius 2 is 1.60 bits per heavy atom. The molecule has 6 nitrogen and oxygen atoms in total. The van der Waals surface area contributed by atoms with E-state index in [1.54, 1.807) is 6.20 Å². The molecule has 0 amide bonds. The predicted octanol–water partition coefficient (Wildman–Crippen LogP) is 8.99. The summed E-state index contributed by atoms with van der Waals surface area (Å²) in [6.45, 7) is 11.9. The van der Waals surface area contributed by atoms with E-state index in [9.17, 15) is 4.79 Å². The van der Waals surface area contributed by atoms with Crippen molar-refractivity contribution in [3.05, 3.63) is 114 Å². The highest BCUT2D eigenvalue weighted by Crippen LogP contribution is 2.55. The van der Waals surface area contributed by atoms with E-state index in [0.29, 0.717) is 12.3 Å². The minimum Gasteiger partial charge on any atom is -0.493 e. The van der Waals surface area contributed by atoms with Crippen molar-refractivity contribution in [3.8, 4) is 17.0 Å². The first-order valence-corrected chi connectivity index (χ1v) is 16.5. The second-order valence-corrected chi connectivity index (χ2v) is 11.6. The maximum absolute atomic E-state index is 13.9. The summed E-state index contributed by atoms with van der Waals surface area (Å²) >= 11 is 0. The lowest BCUT2D eigenvalue weighted by Crippen LogP contribution is -2.31. The van der Waals surface area contributed by atoms with E-state index in [0.717, 1.165) is 95.6 Å². The number of carbonyl (C=O) groups is 1. The topological polar surface area (TPSA) is 56.6 Å². The molecule has 0 radical (unpaired) electrons. The molecule has 1 aliphatic heterocycles. The highest BCUT2D eigenvalue weighted by atomic mass is 16.6. The van der Waals surface area contributed by atoms with Crippen LogP contribution in [0.4, 0.5) is 5.69 Å². The van der Waals surface area contributed by atoms with Crippen molar-refractivity contribution in [3.63, 3.8) is 0 Å². The molecule has 1 atom stereocenters. The first kappa shape index (κ1) is 30.4. The number of fused-ring (bicyclic) bond motifs is 2. The summed E-state index contributed by atoms with van der Waals surface area (Å²) in [6, 6.07) is 29.2. The van der Waals surface area contributed by atoms with Gasteiger partial charge in [0, 0.05) is 65.2 Å². The van der Waals surface area contributed by atoms with E-state index >= 15 is 0 Å². The summed E-state index contributed by atoms with van der Waals surface area (Å²) in [5.74, 6) is 0.295. The fourth-order valence-corrected chi connectivity index (χ4v) is 6.75. The SMILES string of the molecule is CCCCOc1cc(N(CC)CC)ccc1C1(c2c(-c3ccccc3)n(CCCC)c3ccccc23)OC(=O)c2ncccc21. The van der Waals surface area contributed by atoms with Crippen molar-refractivity contribution in [1.82, 2.24) is 9.55 Å². The number of benzene rings is 3. The molecule has 5 aromatic rings. The van der Waals surface area contributed by atoms with Crippen molar-refractivity contribution in [1.29, 1.82) is 0 Å². The van der Waals surface area contributed by atoms with Crippen LogP contribution in [0.3, 0.4) is 0 Å². The number of rotatable bonds is 13. The van der Waals surface area contributed by atoms with Crippen molar-refractivity contribution < 1.29 is 14.3 Å². The standard InChI is InChI=1S/C39H43N3O3/c1-5-9-25-42-33-21-15-14-19-30(33)35(37(42)28-17-12-11-13-18-28)39(32-20-16-24-40-36(32)38(43)45-39)31-23-22-29(41(7-3)8-4)27-34(31)44-26-10-6-2/h11-24,27H,5-10,25-26H2,1-4H3. The molecule has 1 aliphatic rings. The smallest absolute Gasteiger partial charge is 0.358 e. The Hall–Kier alpha value is -4.58. The average Bonchev–Trinajstić information content (AvgIpc) is 3.57. The van der Waals surface area contributed by atoms with Crippen LogP contribution in [0.5, 0.6) is 5.75 Å². The minimum absolute atomic E-state index is 0.342. The van der Waals surface area contributed by atoms with Gasteiger partial charge in [0.05, 0.1) is 12.3 Å². The van der Waals surface area contributed by atoms with Gasteiger partial charge < -0.3 is 18.9 Å². The Morgan fingerprint density at radius 1 is 0.844 bits per heavy atom. The number of cyclic esters (lactones) is 1. The minimum atomic E-state index is -1.29. The van der Waals surface area contributed by atoms with E-state index in [1.165, 1.54) is 0 Å². The van der Waals surface area contributed by atoms with E-state index < -0.39 is 11.6 Å². The van der Waals surface area contributed by atoms with Gasteiger partial charge in [-0.1, -0.05) is 81.3 Å². The van der Waals surface area contributed by atoms with Crippen LogP contribution >= 0.6 is 0 Å². The van der Waals surface area contributed by atoms with Crippen LogP contribution in [0.15, 0.2) is 91.1 Å². The van der Waals surface area contributed by atoms with E-state index in [1.807, 2.05) is 18.2 Å². The van der Waals surface area contributed by atoms with Gasteiger partial charge >= 0.3 is 5.97 Å². The summed E-state index contributed by atoms with van der Waals surface area (Å²) in [5.41, 5.74) is 5.85. The van der Waals surface area contributed by atoms with Gasteiger partial charge in [-0.05, 0) is 56.5 Å². The second-order valence-electron chi connectivity index (χ2n) is 11.6. The number of ether oxygens (including phenoxy) is 2. The van der Waals surface area contributed by atoms with Gasteiger partial charge in [0.2, 0.25) is 0 Å². The molecular formula is C39H43N3O3. The van der Waals surface area contributed by atoms with Gasteiger partial charge in [0.25, 0.3) is 0 Å². The summed E-state index contributed by atoms with van der Waals surface area (Å²) in [6.07, 6.45) is 5.69. The summed E-state index contributed by atoms with van der Waals surface area (Å²) in [4.78, 5) is 20.8. The highest BCUT2D eigenvalue weighted by molar-refractivity contribution is 6.00. The molecule has 0 spiro atoms. The number of pyridine rings is 1.